The van der Waals surface area contributed by atoms with Crippen LogP contribution in [0, 0.1) is 0 Å². The fourth-order valence-corrected chi connectivity index (χ4v) is 2.54. The minimum Gasteiger partial charge on any atom is -0.388 e. The number of nitrogens with zero attached hydrogens (tertiary/aromatic N) is 1. The molecule has 0 bridgehead atoms. The van der Waals surface area contributed by atoms with Crippen molar-refractivity contribution in [1.29, 1.82) is 0 Å². The third-order valence-corrected chi connectivity index (χ3v) is 3.82. The monoisotopic (exact) mass is 314 g/mol. The average Bonchev–Trinajstić information content (AvgIpc) is 2.63. The van der Waals surface area contributed by atoms with Crippen LogP contribution in [-0.4, -0.2) is 31.7 Å². The van der Waals surface area contributed by atoms with Gasteiger partial charge in [0.05, 0.1) is 0 Å². The van der Waals surface area contributed by atoms with Crippen molar-refractivity contribution >= 4 is 5.69 Å². The molecule has 0 spiro atoms. The largest absolute Gasteiger partial charge is 0.388 e. The number of rotatable bonds is 6. The molecule has 2 aromatic rings. The van der Waals surface area contributed by atoms with E-state index >= 15 is 0 Å². The predicted molar refractivity (Wildman–Crippen MR) is 89.6 cm³/mol. The fraction of sp³-hybridized carbons (Fsp3) is 0.294. The predicted octanol–water partition coefficient (Wildman–Crippen LogP) is 2.10. The van der Waals surface area contributed by atoms with Crippen LogP contribution >= 0.6 is 0 Å². The zero-order valence-corrected chi connectivity index (χ0v) is 13.2. The van der Waals surface area contributed by atoms with Crippen molar-refractivity contribution in [3.63, 3.8) is 0 Å². The summed E-state index contributed by atoms with van der Waals surface area (Å²) < 4.78 is 0. The Bertz CT molecular complexity index is 591. The molecule has 0 amide bonds. The molecule has 2 aromatic carbocycles. The lowest BCUT2D eigenvalue weighted by molar-refractivity contribution is -0.305. The molecule has 0 saturated carbocycles. The van der Waals surface area contributed by atoms with Crippen LogP contribution in [0.3, 0.4) is 0 Å². The van der Waals surface area contributed by atoms with Crippen LogP contribution in [0.5, 0.6) is 5.75 Å². The van der Waals surface area contributed by atoms with Crippen molar-refractivity contribution in [2.45, 2.75) is 6.04 Å². The summed E-state index contributed by atoms with van der Waals surface area (Å²) in [6.07, 6.45) is 0. The van der Waals surface area contributed by atoms with Crippen molar-refractivity contribution in [2.75, 3.05) is 32.0 Å². The normalized spacial score (nSPS) is 18.6. The summed E-state index contributed by atoms with van der Waals surface area (Å²) in [6, 6.07) is 18.2. The van der Waals surface area contributed by atoms with Gasteiger partial charge in [-0.1, -0.05) is 40.9 Å². The zero-order valence-electron chi connectivity index (χ0n) is 13.2. The first-order valence-corrected chi connectivity index (χ1v) is 7.75. The first-order valence-electron chi connectivity index (χ1n) is 7.75. The van der Waals surface area contributed by atoms with E-state index in [-0.39, 0.29) is 6.04 Å². The van der Waals surface area contributed by atoms with Crippen molar-refractivity contribution in [3.8, 4) is 5.75 Å². The Balaban J connectivity index is 1.46. The summed E-state index contributed by atoms with van der Waals surface area (Å²) in [6.45, 7) is 2.52. The van der Waals surface area contributed by atoms with E-state index in [1.54, 1.807) is 0 Å². The smallest absolute Gasteiger partial charge is 0.167 e. The van der Waals surface area contributed by atoms with E-state index in [2.05, 4.69) is 40.5 Å². The van der Waals surface area contributed by atoms with Gasteiger partial charge in [-0.2, -0.15) is 0 Å². The van der Waals surface area contributed by atoms with Gasteiger partial charge in [0, 0.05) is 38.4 Å². The van der Waals surface area contributed by atoms with Gasteiger partial charge in [-0.15, -0.1) is 0 Å². The highest BCUT2D eigenvalue weighted by Crippen LogP contribution is 2.17. The Morgan fingerprint density at radius 3 is 2.61 bits per heavy atom. The van der Waals surface area contributed by atoms with Crippen LogP contribution in [0.15, 0.2) is 54.6 Å². The number of nitrogens with one attached hydrogen (secondary N) is 3. The van der Waals surface area contributed by atoms with Crippen LogP contribution in [0.25, 0.3) is 0 Å². The molecule has 3 N–H and O–H groups in total. The second-order valence-corrected chi connectivity index (χ2v) is 5.40. The highest BCUT2D eigenvalue weighted by molar-refractivity contribution is 5.45. The van der Waals surface area contributed by atoms with E-state index in [9.17, 15) is 0 Å². The maximum absolute atomic E-state index is 5.25. The zero-order chi connectivity index (χ0) is 15.9. The summed E-state index contributed by atoms with van der Waals surface area (Å²) in [5.74, 6) is 0.645. The van der Waals surface area contributed by atoms with E-state index in [1.165, 1.54) is 5.56 Å². The SMILES string of the molecule is CNc1ccc(OONN2CCNC(c3ccccc3)C2)cc1. The molecule has 1 heterocycles. The molecule has 1 atom stereocenters. The Morgan fingerprint density at radius 1 is 1.09 bits per heavy atom. The number of piperazine rings is 1. The van der Waals surface area contributed by atoms with Gasteiger partial charge in [0.2, 0.25) is 0 Å². The van der Waals surface area contributed by atoms with Gasteiger partial charge in [-0.25, -0.2) is 5.01 Å². The maximum Gasteiger partial charge on any atom is 0.167 e. The number of hydrazine groups is 1. The second-order valence-electron chi connectivity index (χ2n) is 5.40. The standard InChI is InChI=1S/C17H22N4O2/c1-18-15-7-9-16(10-8-15)22-23-20-21-12-11-19-17(13-21)14-5-3-2-4-6-14/h2-10,17-20H,11-13H2,1H3. The molecule has 1 saturated heterocycles. The van der Waals surface area contributed by atoms with E-state index in [0.717, 1.165) is 25.3 Å². The van der Waals surface area contributed by atoms with Crippen LogP contribution in [0.1, 0.15) is 11.6 Å². The number of benzene rings is 2. The Kier molecular flexibility index (Phi) is 5.44. The first-order chi connectivity index (χ1) is 11.3. The molecule has 23 heavy (non-hydrogen) atoms. The summed E-state index contributed by atoms with van der Waals surface area (Å²) in [7, 11) is 1.88. The second kappa shape index (κ2) is 7.94. The summed E-state index contributed by atoms with van der Waals surface area (Å²) in [5.41, 5.74) is 5.15. The quantitative estimate of drug-likeness (QED) is 0.561. The highest BCUT2D eigenvalue weighted by Gasteiger charge is 2.20. The maximum atomic E-state index is 5.25. The van der Waals surface area contributed by atoms with Crippen LogP contribution in [0.2, 0.25) is 0 Å². The van der Waals surface area contributed by atoms with Crippen LogP contribution in [-0.2, 0) is 4.99 Å². The van der Waals surface area contributed by atoms with Gasteiger partial charge in [-0.3, -0.25) is 0 Å². The van der Waals surface area contributed by atoms with E-state index in [1.807, 2.05) is 42.4 Å². The van der Waals surface area contributed by atoms with Crippen molar-refractivity contribution in [2.24, 2.45) is 0 Å². The molecule has 1 aliphatic heterocycles. The number of hydrogen-bond acceptors (Lipinski definition) is 6. The molecular formula is C17H22N4O2. The van der Waals surface area contributed by atoms with Crippen molar-refractivity contribution in [1.82, 2.24) is 15.9 Å². The molecule has 6 heteroatoms. The molecular weight excluding hydrogens is 292 g/mol. The van der Waals surface area contributed by atoms with Crippen LogP contribution < -0.4 is 21.1 Å². The van der Waals surface area contributed by atoms with Crippen molar-refractivity contribution in [3.05, 3.63) is 60.2 Å². The topological polar surface area (TPSA) is 57.8 Å². The summed E-state index contributed by atoms with van der Waals surface area (Å²) in [5, 5.41) is 8.55. The fourth-order valence-electron chi connectivity index (χ4n) is 2.54. The third kappa shape index (κ3) is 4.43. The molecule has 0 aliphatic carbocycles. The molecule has 1 fully saturated rings. The number of hydrogen-bond donors (Lipinski definition) is 3. The molecule has 1 unspecified atom stereocenters. The van der Waals surface area contributed by atoms with Crippen molar-refractivity contribution < 1.29 is 9.88 Å². The third-order valence-electron chi connectivity index (χ3n) is 3.82. The van der Waals surface area contributed by atoms with Gasteiger partial charge in [0.1, 0.15) is 0 Å². The highest BCUT2D eigenvalue weighted by atomic mass is 17.3. The average molecular weight is 314 g/mol. The molecule has 1 aliphatic rings. The summed E-state index contributed by atoms with van der Waals surface area (Å²) in [4.78, 5) is 10.4. The van der Waals surface area contributed by atoms with Gasteiger partial charge < -0.3 is 15.5 Å². The van der Waals surface area contributed by atoms with Gasteiger partial charge in [0.25, 0.3) is 0 Å². The lowest BCUT2D eigenvalue weighted by atomic mass is 10.1. The molecule has 0 aromatic heterocycles. The van der Waals surface area contributed by atoms with E-state index in [0.29, 0.717) is 5.75 Å². The Labute approximate surface area is 136 Å². The molecule has 122 valence electrons. The molecule has 6 nitrogen and oxygen atoms in total. The lowest BCUT2D eigenvalue weighted by Crippen LogP contribution is -2.51. The Hall–Kier alpha value is -2.12. The first kappa shape index (κ1) is 15.8. The minimum atomic E-state index is 0.274. The summed E-state index contributed by atoms with van der Waals surface area (Å²) >= 11 is 0. The van der Waals surface area contributed by atoms with E-state index < -0.39 is 0 Å². The van der Waals surface area contributed by atoms with Gasteiger partial charge in [-0.05, 0) is 29.8 Å². The molecule has 3 rings (SSSR count). The van der Waals surface area contributed by atoms with E-state index in [4.69, 9.17) is 9.88 Å². The minimum absolute atomic E-state index is 0.274. The van der Waals surface area contributed by atoms with Crippen LogP contribution in [0.4, 0.5) is 5.69 Å². The van der Waals surface area contributed by atoms with Gasteiger partial charge in [0.15, 0.2) is 5.75 Å². The molecule has 0 radical (unpaired) electrons. The number of anilines is 1. The Morgan fingerprint density at radius 2 is 1.87 bits per heavy atom. The van der Waals surface area contributed by atoms with Gasteiger partial charge >= 0.3 is 0 Å². The lowest BCUT2D eigenvalue weighted by Gasteiger charge is -2.32.